The molecule has 0 saturated heterocycles. The molecule has 3 nitrogen and oxygen atoms in total. The molecule has 1 rings (SSSR count). The van der Waals surface area contributed by atoms with Crippen molar-refractivity contribution in [1.29, 1.82) is 0 Å². The Bertz CT molecular complexity index is 186. The van der Waals surface area contributed by atoms with Crippen LogP contribution in [0.4, 0.5) is 0 Å². The van der Waals surface area contributed by atoms with E-state index in [9.17, 15) is 4.79 Å². The van der Waals surface area contributed by atoms with Crippen LogP contribution in [0.25, 0.3) is 0 Å². The normalized spacial score (nSPS) is 27.4. The van der Waals surface area contributed by atoms with Crippen LogP contribution < -0.4 is 5.32 Å². The highest BCUT2D eigenvalue weighted by Crippen LogP contribution is 2.22. The number of hydrogen-bond acceptors (Lipinski definition) is 2. The van der Waals surface area contributed by atoms with E-state index in [1.807, 2.05) is 11.9 Å². The van der Waals surface area contributed by atoms with Crippen molar-refractivity contribution in [3.63, 3.8) is 0 Å². The fourth-order valence-corrected chi connectivity index (χ4v) is 2.21. The minimum Gasteiger partial charge on any atom is -0.343 e. The quantitative estimate of drug-likeness (QED) is 0.743. The molecule has 1 aliphatic rings. The largest absolute Gasteiger partial charge is 0.343 e. The number of nitrogens with one attached hydrogen (secondary N) is 1. The first kappa shape index (κ1) is 11.5. The summed E-state index contributed by atoms with van der Waals surface area (Å²) in [6, 6.07) is 1.15. The number of rotatable bonds is 3. The second-order valence-corrected chi connectivity index (χ2v) is 4.19. The molecular weight excluding hydrogens is 176 g/mol. The van der Waals surface area contributed by atoms with Crippen LogP contribution >= 0.6 is 0 Å². The van der Waals surface area contributed by atoms with Gasteiger partial charge in [-0.2, -0.15) is 0 Å². The monoisotopic (exact) mass is 198 g/mol. The molecule has 0 spiro atoms. The van der Waals surface area contributed by atoms with Crippen molar-refractivity contribution in [2.24, 2.45) is 0 Å². The summed E-state index contributed by atoms with van der Waals surface area (Å²) in [7, 11) is 1.92. The molecule has 3 heteroatoms. The molecule has 0 bridgehead atoms. The Morgan fingerprint density at radius 1 is 1.36 bits per heavy atom. The zero-order chi connectivity index (χ0) is 10.6. The van der Waals surface area contributed by atoms with E-state index in [0.717, 1.165) is 19.4 Å². The third kappa shape index (κ3) is 2.98. The van der Waals surface area contributed by atoms with Crippen molar-refractivity contribution in [2.75, 3.05) is 13.6 Å². The molecule has 1 N–H and O–H groups in total. The molecule has 1 fully saturated rings. The van der Waals surface area contributed by atoms with Crippen molar-refractivity contribution >= 4 is 5.91 Å². The van der Waals surface area contributed by atoms with E-state index >= 15 is 0 Å². The van der Waals surface area contributed by atoms with Crippen molar-refractivity contribution in [2.45, 2.75) is 51.6 Å². The summed E-state index contributed by atoms with van der Waals surface area (Å²) in [5, 5.41) is 3.47. The highest BCUT2D eigenvalue weighted by Gasteiger charge is 2.24. The van der Waals surface area contributed by atoms with Gasteiger partial charge in [-0.15, -0.1) is 0 Å². The van der Waals surface area contributed by atoms with E-state index in [0.29, 0.717) is 12.1 Å². The van der Waals surface area contributed by atoms with Gasteiger partial charge in [0.05, 0.1) is 0 Å². The van der Waals surface area contributed by atoms with E-state index in [-0.39, 0.29) is 5.91 Å². The third-order valence-electron chi connectivity index (χ3n) is 3.23. The Balaban J connectivity index is 2.31. The molecule has 0 aromatic heterocycles. The van der Waals surface area contributed by atoms with Gasteiger partial charge in [-0.25, -0.2) is 0 Å². The number of amides is 1. The summed E-state index contributed by atoms with van der Waals surface area (Å²) < 4.78 is 0. The first-order valence-electron chi connectivity index (χ1n) is 5.62. The molecule has 0 atom stereocenters. The predicted molar refractivity (Wildman–Crippen MR) is 58.2 cm³/mol. The molecule has 0 aromatic carbocycles. The number of carbonyl (C=O) groups is 1. The smallest absolute Gasteiger partial charge is 0.219 e. The summed E-state index contributed by atoms with van der Waals surface area (Å²) in [5.74, 6) is 0.192. The van der Waals surface area contributed by atoms with Gasteiger partial charge in [-0.05, 0) is 32.2 Å². The third-order valence-corrected chi connectivity index (χ3v) is 3.23. The fraction of sp³-hybridized carbons (Fsp3) is 0.909. The summed E-state index contributed by atoms with van der Waals surface area (Å²) in [5.41, 5.74) is 0. The maximum atomic E-state index is 11.2. The number of nitrogens with zero attached hydrogens (tertiary/aromatic N) is 1. The first-order valence-corrected chi connectivity index (χ1v) is 5.62. The van der Waals surface area contributed by atoms with Crippen LogP contribution in [-0.2, 0) is 4.79 Å². The topological polar surface area (TPSA) is 32.3 Å². The Hall–Kier alpha value is -0.570. The summed E-state index contributed by atoms with van der Waals surface area (Å²) in [6.45, 7) is 4.85. The minimum absolute atomic E-state index is 0.192. The first-order chi connectivity index (χ1) is 6.65. The molecule has 82 valence electrons. The van der Waals surface area contributed by atoms with Gasteiger partial charge >= 0.3 is 0 Å². The molecular formula is C11H22N2O. The maximum absolute atomic E-state index is 11.2. The Labute approximate surface area is 86.9 Å². The fourth-order valence-electron chi connectivity index (χ4n) is 2.21. The standard InChI is InChI=1S/C11H22N2O/c1-4-12-10-5-7-11(8-6-10)13(3)9(2)14/h10-12H,4-8H2,1-3H3. The van der Waals surface area contributed by atoms with Gasteiger partial charge in [0.15, 0.2) is 0 Å². The summed E-state index contributed by atoms with van der Waals surface area (Å²) in [6.07, 6.45) is 4.70. The van der Waals surface area contributed by atoms with Gasteiger partial charge in [0.2, 0.25) is 5.91 Å². The second-order valence-electron chi connectivity index (χ2n) is 4.19. The Kier molecular flexibility index (Phi) is 4.39. The molecule has 1 amide bonds. The van der Waals surface area contributed by atoms with Gasteiger partial charge in [-0.1, -0.05) is 6.92 Å². The van der Waals surface area contributed by atoms with Crippen LogP contribution in [-0.4, -0.2) is 36.5 Å². The molecule has 0 heterocycles. The predicted octanol–water partition coefficient (Wildman–Crippen LogP) is 1.39. The maximum Gasteiger partial charge on any atom is 0.219 e. The van der Waals surface area contributed by atoms with Gasteiger partial charge in [0.1, 0.15) is 0 Å². The van der Waals surface area contributed by atoms with Crippen molar-refractivity contribution < 1.29 is 4.79 Å². The van der Waals surface area contributed by atoms with Gasteiger partial charge in [-0.3, -0.25) is 4.79 Å². The molecule has 14 heavy (non-hydrogen) atoms. The lowest BCUT2D eigenvalue weighted by Crippen LogP contribution is -2.42. The lowest BCUT2D eigenvalue weighted by atomic mass is 9.90. The van der Waals surface area contributed by atoms with E-state index < -0.39 is 0 Å². The van der Waals surface area contributed by atoms with Crippen LogP contribution in [0.5, 0.6) is 0 Å². The van der Waals surface area contributed by atoms with Crippen molar-refractivity contribution in [1.82, 2.24) is 10.2 Å². The molecule has 0 aliphatic heterocycles. The van der Waals surface area contributed by atoms with Crippen LogP contribution in [0.3, 0.4) is 0 Å². The van der Waals surface area contributed by atoms with E-state index in [1.54, 1.807) is 6.92 Å². The summed E-state index contributed by atoms with van der Waals surface area (Å²) in [4.78, 5) is 13.1. The highest BCUT2D eigenvalue weighted by atomic mass is 16.2. The lowest BCUT2D eigenvalue weighted by Gasteiger charge is -2.34. The van der Waals surface area contributed by atoms with E-state index in [4.69, 9.17) is 0 Å². The van der Waals surface area contributed by atoms with Gasteiger partial charge < -0.3 is 10.2 Å². The Morgan fingerprint density at radius 3 is 2.36 bits per heavy atom. The Morgan fingerprint density at radius 2 is 1.93 bits per heavy atom. The van der Waals surface area contributed by atoms with Crippen molar-refractivity contribution in [3.8, 4) is 0 Å². The van der Waals surface area contributed by atoms with E-state index in [2.05, 4.69) is 12.2 Å². The summed E-state index contributed by atoms with van der Waals surface area (Å²) >= 11 is 0. The van der Waals surface area contributed by atoms with Crippen molar-refractivity contribution in [3.05, 3.63) is 0 Å². The minimum atomic E-state index is 0.192. The highest BCUT2D eigenvalue weighted by molar-refractivity contribution is 5.73. The van der Waals surface area contributed by atoms with Crippen LogP contribution in [0, 0.1) is 0 Å². The zero-order valence-corrected chi connectivity index (χ0v) is 9.55. The lowest BCUT2D eigenvalue weighted by molar-refractivity contribution is -0.130. The number of hydrogen-bond donors (Lipinski definition) is 1. The van der Waals surface area contributed by atoms with Crippen LogP contribution in [0.1, 0.15) is 39.5 Å². The van der Waals surface area contributed by atoms with E-state index in [1.165, 1.54) is 12.8 Å². The van der Waals surface area contributed by atoms with Gasteiger partial charge in [0, 0.05) is 26.1 Å². The SMILES string of the molecule is CCNC1CCC(N(C)C(C)=O)CC1. The molecule has 0 aromatic rings. The zero-order valence-electron chi connectivity index (χ0n) is 9.55. The molecule has 0 unspecified atom stereocenters. The average Bonchev–Trinajstić information content (AvgIpc) is 2.18. The van der Waals surface area contributed by atoms with Crippen LogP contribution in [0.2, 0.25) is 0 Å². The molecule has 1 aliphatic carbocycles. The second kappa shape index (κ2) is 5.35. The average molecular weight is 198 g/mol. The van der Waals surface area contributed by atoms with Gasteiger partial charge in [0.25, 0.3) is 0 Å². The number of carbonyl (C=O) groups excluding carboxylic acids is 1. The molecule has 0 radical (unpaired) electrons. The van der Waals surface area contributed by atoms with Crippen LogP contribution in [0.15, 0.2) is 0 Å². The molecule has 1 saturated carbocycles.